The number of rotatable bonds is 3. The molecule has 21 heavy (non-hydrogen) atoms. The number of benzene rings is 3. The first-order valence-electron chi connectivity index (χ1n) is 7.23. The van der Waals surface area contributed by atoms with Gasteiger partial charge in [0.25, 0.3) is 0 Å². The van der Waals surface area contributed by atoms with Crippen molar-refractivity contribution >= 4 is 0 Å². The molecular formula is C20H19N. The van der Waals surface area contributed by atoms with E-state index in [2.05, 4.69) is 73.7 Å². The summed E-state index contributed by atoms with van der Waals surface area (Å²) in [6.45, 7) is 2.73. The van der Waals surface area contributed by atoms with E-state index in [9.17, 15) is 0 Å². The molecule has 1 heteroatoms. The lowest BCUT2D eigenvalue weighted by atomic mass is 9.96. The zero-order chi connectivity index (χ0) is 14.7. The molecule has 3 aromatic rings. The molecule has 0 radical (unpaired) electrons. The van der Waals surface area contributed by atoms with Crippen molar-refractivity contribution in [3.63, 3.8) is 0 Å². The smallest absolute Gasteiger partial charge is 0.0178 e. The molecule has 0 atom stereocenters. The number of hydrogen-bond donors (Lipinski definition) is 1. The molecule has 0 heterocycles. The van der Waals surface area contributed by atoms with Crippen molar-refractivity contribution < 1.29 is 0 Å². The highest BCUT2D eigenvalue weighted by Crippen LogP contribution is 2.27. The summed E-state index contributed by atoms with van der Waals surface area (Å²) in [6, 6.07) is 25.6. The van der Waals surface area contributed by atoms with Crippen LogP contribution in [-0.2, 0) is 6.54 Å². The van der Waals surface area contributed by atoms with E-state index in [1.807, 2.05) is 6.07 Å². The number of aryl methyl sites for hydroxylation is 1. The fourth-order valence-electron chi connectivity index (χ4n) is 2.65. The van der Waals surface area contributed by atoms with Crippen LogP contribution in [0.15, 0.2) is 72.8 Å². The van der Waals surface area contributed by atoms with Crippen LogP contribution in [-0.4, -0.2) is 0 Å². The normalized spacial score (nSPS) is 10.6. The van der Waals surface area contributed by atoms with E-state index in [0.717, 1.165) is 0 Å². The van der Waals surface area contributed by atoms with E-state index >= 15 is 0 Å². The highest BCUT2D eigenvalue weighted by atomic mass is 14.5. The van der Waals surface area contributed by atoms with Crippen LogP contribution in [0.2, 0.25) is 0 Å². The van der Waals surface area contributed by atoms with E-state index in [1.54, 1.807) is 0 Å². The molecule has 0 fully saturated rings. The standard InChI is InChI=1S/C20H19N/c1-15-13-16(14-21)7-12-20(15)19-10-8-18(9-11-19)17-5-3-2-4-6-17/h2-13H,14,21H2,1H3. The third-order valence-electron chi connectivity index (χ3n) is 3.83. The first-order valence-corrected chi connectivity index (χ1v) is 7.23. The molecule has 0 bridgehead atoms. The lowest BCUT2D eigenvalue weighted by molar-refractivity contribution is 1.07. The molecule has 3 aromatic carbocycles. The molecule has 0 unspecified atom stereocenters. The Bertz CT molecular complexity index is 728. The molecule has 3 rings (SSSR count). The van der Waals surface area contributed by atoms with E-state index in [1.165, 1.54) is 33.4 Å². The van der Waals surface area contributed by atoms with Crippen molar-refractivity contribution in [3.8, 4) is 22.3 Å². The fraction of sp³-hybridized carbons (Fsp3) is 0.100. The largest absolute Gasteiger partial charge is 0.326 e. The monoisotopic (exact) mass is 273 g/mol. The second-order valence-electron chi connectivity index (χ2n) is 5.30. The summed E-state index contributed by atoms with van der Waals surface area (Å²) in [7, 11) is 0. The summed E-state index contributed by atoms with van der Waals surface area (Å²) in [5.74, 6) is 0. The van der Waals surface area contributed by atoms with Gasteiger partial charge in [0.1, 0.15) is 0 Å². The summed E-state index contributed by atoms with van der Waals surface area (Å²) < 4.78 is 0. The lowest BCUT2D eigenvalue weighted by Crippen LogP contribution is -1.96. The Balaban J connectivity index is 1.94. The Morgan fingerprint density at radius 1 is 0.714 bits per heavy atom. The first-order chi connectivity index (χ1) is 10.3. The van der Waals surface area contributed by atoms with Gasteiger partial charge >= 0.3 is 0 Å². The highest BCUT2D eigenvalue weighted by Gasteiger charge is 2.03. The Labute approximate surface area is 126 Å². The van der Waals surface area contributed by atoms with Crippen molar-refractivity contribution in [1.82, 2.24) is 0 Å². The zero-order valence-corrected chi connectivity index (χ0v) is 12.2. The maximum atomic E-state index is 5.69. The predicted molar refractivity (Wildman–Crippen MR) is 89.9 cm³/mol. The molecule has 0 saturated carbocycles. The molecule has 2 N–H and O–H groups in total. The molecule has 104 valence electrons. The van der Waals surface area contributed by atoms with Gasteiger partial charge in [0.05, 0.1) is 0 Å². The van der Waals surface area contributed by atoms with Gasteiger partial charge < -0.3 is 5.73 Å². The van der Waals surface area contributed by atoms with Crippen LogP contribution in [0.3, 0.4) is 0 Å². The summed E-state index contributed by atoms with van der Waals surface area (Å²) in [4.78, 5) is 0. The Hall–Kier alpha value is -2.38. The molecule has 0 aliphatic heterocycles. The van der Waals surface area contributed by atoms with Gasteiger partial charge in [-0.25, -0.2) is 0 Å². The second kappa shape index (κ2) is 5.94. The van der Waals surface area contributed by atoms with Crippen LogP contribution in [0, 0.1) is 6.92 Å². The maximum Gasteiger partial charge on any atom is 0.0178 e. The fourth-order valence-corrected chi connectivity index (χ4v) is 2.65. The van der Waals surface area contributed by atoms with E-state index in [-0.39, 0.29) is 0 Å². The molecule has 0 saturated heterocycles. The van der Waals surface area contributed by atoms with Crippen molar-refractivity contribution in [1.29, 1.82) is 0 Å². The van der Waals surface area contributed by atoms with Gasteiger partial charge in [-0.05, 0) is 40.3 Å². The van der Waals surface area contributed by atoms with Gasteiger partial charge in [-0.1, -0.05) is 72.8 Å². The van der Waals surface area contributed by atoms with Gasteiger partial charge in [-0.15, -0.1) is 0 Å². The average molecular weight is 273 g/mol. The van der Waals surface area contributed by atoms with Gasteiger partial charge in [-0.3, -0.25) is 0 Å². The Morgan fingerprint density at radius 2 is 1.33 bits per heavy atom. The number of hydrogen-bond acceptors (Lipinski definition) is 1. The van der Waals surface area contributed by atoms with Crippen molar-refractivity contribution in [2.24, 2.45) is 5.73 Å². The Morgan fingerprint density at radius 3 is 1.95 bits per heavy atom. The molecule has 0 aliphatic rings. The SMILES string of the molecule is Cc1cc(CN)ccc1-c1ccc(-c2ccccc2)cc1. The van der Waals surface area contributed by atoms with Crippen LogP contribution in [0.25, 0.3) is 22.3 Å². The molecule has 0 amide bonds. The quantitative estimate of drug-likeness (QED) is 0.729. The Kier molecular flexibility index (Phi) is 3.85. The minimum Gasteiger partial charge on any atom is -0.326 e. The molecular weight excluding hydrogens is 254 g/mol. The molecule has 0 aliphatic carbocycles. The predicted octanol–water partition coefficient (Wildman–Crippen LogP) is 4.79. The topological polar surface area (TPSA) is 26.0 Å². The second-order valence-corrected chi connectivity index (χ2v) is 5.30. The highest BCUT2D eigenvalue weighted by molar-refractivity contribution is 5.72. The third kappa shape index (κ3) is 2.88. The minimum absolute atomic E-state index is 0.591. The first kappa shape index (κ1) is 13.6. The summed E-state index contributed by atoms with van der Waals surface area (Å²) >= 11 is 0. The zero-order valence-electron chi connectivity index (χ0n) is 12.2. The molecule has 0 spiro atoms. The summed E-state index contributed by atoms with van der Waals surface area (Å²) in [6.07, 6.45) is 0. The van der Waals surface area contributed by atoms with Gasteiger partial charge in [0, 0.05) is 6.54 Å². The average Bonchev–Trinajstić information content (AvgIpc) is 2.56. The van der Waals surface area contributed by atoms with Crippen molar-refractivity contribution in [2.75, 3.05) is 0 Å². The molecule has 0 aromatic heterocycles. The van der Waals surface area contributed by atoms with E-state index in [4.69, 9.17) is 5.73 Å². The van der Waals surface area contributed by atoms with E-state index < -0.39 is 0 Å². The van der Waals surface area contributed by atoms with Crippen LogP contribution < -0.4 is 5.73 Å². The minimum atomic E-state index is 0.591. The third-order valence-corrected chi connectivity index (χ3v) is 3.83. The maximum absolute atomic E-state index is 5.69. The van der Waals surface area contributed by atoms with E-state index in [0.29, 0.717) is 6.54 Å². The van der Waals surface area contributed by atoms with Gasteiger partial charge in [0.15, 0.2) is 0 Å². The van der Waals surface area contributed by atoms with Gasteiger partial charge in [0.2, 0.25) is 0 Å². The summed E-state index contributed by atoms with van der Waals surface area (Å²) in [5.41, 5.74) is 13.2. The number of nitrogens with two attached hydrogens (primary N) is 1. The van der Waals surface area contributed by atoms with Crippen LogP contribution in [0.5, 0.6) is 0 Å². The van der Waals surface area contributed by atoms with Crippen molar-refractivity contribution in [3.05, 3.63) is 83.9 Å². The van der Waals surface area contributed by atoms with Crippen LogP contribution in [0.1, 0.15) is 11.1 Å². The lowest BCUT2D eigenvalue weighted by Gasteiger charge is -2.09. The summed E-state index contributed by atoms with van der Waals surface area (Å²) in [5, 5.41) is 0. The van der Waals surface area contributed by atoms with Crippen LogP contribution in [0.4, 0.5) is 0 Å². The van der Waals surface area contributed by atoms with Crippen LogP contribution >= 0.6 is 0 Å². The molecule has 1 nitrogen and oxygen atoms in total. The van der Waals surface area contributed by atoms with Crippen molar-refractivity contribution in [2.45, 2.75) is 13.5 Å². The van der Waals surface area contributed by atoms with Gasteiger partial charge in [-0.2, -0.15) is 0 Å².